The second-order valence-corrected chi connectivity index (χ2v) is 7.98. The minimum absolute atomic E-state index is 0.0502. The van der Waals surface area contributed by atoms with Crippen molar-refractivity contribution in [2.45, 2.75) is 40.0 Å². The summed E-state index contributed by atoms with van der Waals surface area (Å²) in [4.78, 5) is 22.5. The molecule has 4 nitrogen and oxygen atoms in total. The lowest BCUT2D eigenvalue weighted by Crippen LogP contribution is -2.32. The van der Waals surface area contributed by atoms with E-state index in [2.05, 4.69) is 44.7 Å². The van der Waals surface area contributed by atoms with E-state index in [1.165, 1.54) is 0 Å². The van der Waals surface area contributed by atoms with Gasteiger partial charge in [0.2, 0.25) is 0 Å². The Hall–Kier alpha value is -0.940. The molecule has 1 aliphatic carbocycles. The normalized spacial score (nSPS) is 17.1. The second kappa shape index (κ2) is 6.44. The minimum atomic E-state index is 0.0502. The number of ketones is 1. The van der Waals surface area contributed by atoms with Crippen molar-refractivity contribution in [3.8, 4) is 0 Å². The van der Waals surface area contributed by atoms with E-state index in [-0.39, 0.29) is 11.2 Å². The van der Waals surface area contributed by atoms with Crippen molar-refractivity contribution in [1.82, 2.24) is 9.88 Å². The molecule has 0 aromatic carbocycles. The third kappa shape index (κ3) is 4.04. The number of nitrogens with zero attached hydrogens (tertiary/aromatic N) is 3. The van der Waals surface area contributed by atoms with Crippen LogP contribution in [0.25, 0.3) is 0 Å². The average Bonchev–Trinajstić information content (AvgIpc) is 2.76. The molecule has 0 unspecified atom stereocenters. The van der Waals surface area contributed by atoms with Crippen molar-refractivity contribution in [2.24, 2.45) is 5.41 Å². The zero-order valence-corrected chi connectivity index (χ0v) is 14.7. The molecular formula is C16H27N3OS. The molecule has 1 aliphatic rings. The van der Waals surface area contributed by atoms with Crippen LogP contribution in [-0.4, -0.2) is 49.4 Å². The van der Waals surface area contributed by atoms with Gasteiger partial charge < -0.3 is 9.80 Å². The number of carbonyl (C=O) groups is 1. The zero-order valence-electron chi connectivity index (χ0n) is 13.9. The van der Waals surface area contributed by atoms with Crippen molar-refractivity contribution >= 4 is 22.3 Å². The molecular weight excluding hydrogens is 282 g/mol. The first kappa shape index (κ1) is 16.4. The molecule has 0 N–H and O–H groups in total. The summed E-state index contributed by atoms with van der Waals surface area (Å²) in [5.74, 6) is 0.272. The summed E-state index contributed by atoms with van der Waals surface area (Å²) in [6, 6.07) is 0. The summed E-state index contributed by atoms with van der Waals surface area (Å²) in [7, 11) is 4.17. The molecule has 0 radical (unpaired) electrons. The summed E-state index contributed by atoms with van der Waals surface area (Å²) in [6.45, 7) is 9.46. The first-order chi connectivity index (χ1) is 9.82. The van der Waals surface area contributed by atoms with Crippen LogP contribution in [0.1, 0.15) is 49.0 Å². The summed E-state index contributed by atoms with van der Waals surface area (Å²) < 4.78 is 0. The highest BCUT2D eigenvalue weighted by molar-refractivity contribution is 7.17. The number of rotatable bonds is 6. The first-order valence-electron chi connectivity index (χ1n) is 7.75. The summed E-state index contributed by atoms with van der Waals surface area (Å²) in [5, 5.41) is 1.02. The zero-order chi connectivity index (χ0) is 15.6. The molecule has 2 rings (SSSR count). The number of hydrogen-bond donors (Lipinski definition) is 0. The van der Waals surface area contributed by atoms with Gasteiger partial charge in [-0.3, -0.25) is 4.79 Å². The van der Waals surface area contributed by atoms with Crippen LogP contribution in [0, 0.1) is 5.41 Å². The maximum Gasteiger partial charge on any atom is 0.186 e. The summed E-state index contributed by atoms with van der Waals surface area (Å²) >= 11 is 1.59. The molecule has 0 aliphatic heterocycles. The van der Waals surface area contributed by atoms with E-state index in [4.69, 9.17) is 4.98 Å². The molecule has 5 heteroatoms. The Morgan fingerprint density at radius 2 is 1.90 bits per heavy atom. The Morgan fingerprint density at radius 1 is 1.19 bits per heavy atom. The number of anilines is 1. The van der Waals surface area contributed by atoms with Crippen molar-refractivity contribution in [3.63, 3.8) is 0 Å². The van der Waals surface area contributed by atoms with Gasteiger partial charge in [-0.15, -0.1) is 0 Å². The Kier molecular flexibility index (Phi) is 5.04. The third-order valence-electron chi connectivity index (χ3n) is 3.81. The van der Waals surface area contributed by atoms with Crippen LogP contribution >= 0.6 is 11.3 Å². The van der Waals surface area contributed by atoms with Gasteiger partial charge in [-0.2, -0.15) is 0 Å². The number of hydrogen-bond acceptors (Lipinski definition) is 5. The van der Waals surface area contributed by atoms with Crippen LogP contribution in [-0.2, 0) is 6.42 Å². The topological polar surface area (TPSA) is 36.4 Å². The van der Waals surface area contributed by atoms with E-state index >= 15 is 0 Å². The quantitative estimate of drug-likeness (QED) is 0.809. The fourth-order valence-electron chi connectivity index (χ4n) is 2.74. The Morgan fingerprint density at radius 3 is 2.52 bits per heavy atom. The van der Waals surface area contributed by atoms with Crippen LogP contribution < -0.4 is 4.90 Å². The van der Waals surface area contributed by atoms with Crippen LogP contribution in [0.5, 0.6) is 0 Å². The van der Waals surface area contributed by atoms with Gasteiger partial charge in [-0.1, -0.05) is 32.1 Å². The SMILES string of the molecule is CCCN(CCN(C)C)c1nc2c(s1)C(=O)CC(C)(C)C2. The Labute approximate surface area is 132 Å². The van der Waals surface area contributed by atoms with Gasteiger partial charge in [0.25, 0.3) is 0 Å². The van der Waals surface area contributed by atoms with E-state index in [1.54, 1.807) is 11.3 Å². The number of thiazole rings is 1. The lowest BCUT2D eigenvalue weighted by Gasteiger charge is -2.26. The molecule has 0 saturated carbocycles. The molecule has 0 amide bonds. The van der Waals surface area contributed by atoms with Crippen molar-refractivity contribution in [1.29, 1.82) is 0 Å². The van der Waals surface area contributed by atoms with Crippen LogP contribution in [0.2, 0.25) is 0 Å². The van der Waals surface area contributed by atoms with Crippen LogP contribution in [0.15, 0.2) is 0 Å². The largest absolute Gasteiger partial charge is 0.347 e. The van der Waals surface area contributed by atoms with Crippen LogP contribution in [0.3, 0.4) is 0 Å². The highest BCUT2D eigenvalue weighted by Crippen LogP contribution is 2.39. The average molecular weight is 309 g/mol. The Balaban J connectivity index is 2.21. The highest BCUT2D eigenvalue weighted by Gasteiger charge is 2.34. The van der Waals surface area contributed by atoms with Gasteiger partial charge in [0.1, 0.15) is 0 Å². The number of carbonyl (C=O) groups excluding carboxylic acids is 1. The predicted molar refractivity (Wildman–Crippen MR) is 89.6 cm³/mol. The van der Waals surface area contributed by atoms with E-state index in [9.17, 15) is 4.79 Å². The number of fused-ring (bicyclic) bond motifs is 1. The van der Waals surface area contributed by atoms with Gasteiger partial charge in [-0.05, 0) is 32.4 Å². The fraction of sp³-hybridized carbons (Fsp3) is 0.750. The smallest absolute Gasteiger partial charge is 0.186 e. The monoisotopic (exact) mass is 309 g/mol. The standard InChI is InChI=1S/C16H27N3OS/c1-6-7-19(9-8-18(4)5)15-17-12-10-16(2,3)11-13(20)14(12)21-15/h6-11H2,1-5H3. The molecule has 118 valence electrons. The molecule has 1 aromatic rings. The molecule has 0 bridgehead atoms. The maximum atomic E-state index is 12.3. The molecule has 0 saturated heterocycles. The minimum Gasteiger partial charge on any atom is -0.347 e. The van der Waals surface area contributed by atoms with Crippen molar-refractivity contribution < 1.29 is 4.79 Å². The Bertz CT molecular complexity index is 508. The number of Topliss-reactive ketones (excluding diaryl/α,β-unsaturated/α-hetero) is 1. The molecule has 21 heavy (non-hydrogen) atoms. The number of aromatic nitrogens is 1. The molecule has 1 aromatic heterocycles. The van der Waals surface area contributed by atoms with E-state index < -0.39 is 0 Å². The van der Waals surface area contributed by atoms with E-state index in [1.807, 2.05) is 0 Å². The van der Waals surface area contributed by atoms with Gasteiger partial charge in [0.05, 0.1) is 10.6 Å². The second-order valence-electron chi connectivity index (χ2n) is 7.00. The van der Waals surface area contributed by atoms with Gasteiger partial charge in [0, 0.05) is 26.1 Å². The highest BCUT2D eigenvalue weighted by atomic mass is 32.1. The van der Waals surface area contributed by atoms with Gasteiger partial charge >= 0.3 is 0 Å². The molecule has 0 spiro atoms. The third-order valence-corrected chi connectivity index (χ3v) is 5.01. The van der Waals surface area contributed by atoms with E-state index in [0.717, 1.165) is 48.2 Å². The molecule has 1 heterocycles. The molecule has 0 fully saturated rings. The number of likely N-dealkylation sites (N-methyl/N-ethyl adjacent to an activating group) is 1. The van der Waals surface area contributed by atoms with Crippen molar-refractivity contribution in [2.75, 3.05) is 38.6 Å². The van der Waals surface area contributed by atoms with Gasteiger partial charge in [-0.25, -0.2) is 4.98 Å². The maximum absolute atomic E-state index is 12.3. The van der Waals surface area contributed by atoms with Crippen LogP contribution in [0.4, 0.5) is 5.13 Å². The lowest BCUT2D eigenvalue weighted by atomic mass is 9.78. The fourth-order valence-corrected chi connectivity index (χ4v) is 3.81. The van der Waals surface area contributed by atoms with E-state index in [0.29, 0.717) is 6.42 Å². The van der Waals surface area contributed by atoms with Gasteiger partial charge in [0.15, 0.2) is 10.9 Å². The molecule has 0 atom stereocenters. The predicted octanol–water partition coefficient (Wildman–Crippen LogP) is 3.08. The summed E-state index contributed by atoms with van der Waals surface area (Å²) in [5.41, 5.74) is 1.07. The lowest BCUT2D eigenvalue weighted by molar-refractivity contribution is 0.0916. The first-order valence-corrected chi connectivity index (χ1v) is 8.56. The summed E-state index contributed by atoms with van der Waals surface area (Å²) in [6.07, 6.45) is 2.66. The van der Waals surface area contributed by atoms with Crippen molar-refractivity contribution in [3.05, 3.63) is 10.6 Å².